The van der Waals surface area contributed by atoms with Gasteiger partial charge in [-0.3, -0.25) is 4.90 Å². The third kappa shape index (κ3) is 8.77. The number of nitrogens with zero attached hydrogens (tertiary/aromatic N) is 7. The van der Waals surface area contributed by atoms with Crippen LogP contribution in [-0.4, -0.2) is 110 Å². The molecule has 2 aromatic carbocycles. The summed E-state index contributed by atoms with van der Waals surface area (Å²) in [5, 5.41) is 8.13. The maximum Gasteiger partial charge on any atom is 0.324 e. The average Bonchev–Trinajstić information content (AvgIpc) is 3.85. The average molecular weight is 687 g/mol. The lowest BCUT2D eigenvalue weighted by atomic mass is 9.99. The quantitative estimate of drug-likeness (QED) is 0.241. The minimum Gasteiger partial charge on any atom is -0.383 e. The van der Waals surface area contributed by atoms with Crippen molar-refractivity contribution in [2.24, 2.45) is 0 Å². The summed E-state index contributed by atoms with van der Waals surface area (Å²) in [4.78, 5) is 38.1. The van der Waals surface area contributed by atoms with Crippen molar-refractivity contribution in [3.63, 3.8) is 0 Å². The highest BCUT2D eigenvalue weighted by Gasteiger charge is 2.28. The number of anilines is 2. The van der Waals surface area contributed by atoms with Crippen LogP contribution in [0.2, 0.25) is 0 Å². The summed E-state index contributed by atoms with van der Waals surface area (Å²) in [6.07, 6.45) is 9.59. The van der Waals surface area contributed by atoms with Gasteiger partial charge in [0, 0.05) is 102 Å². The SMILES string of the molecule is COCCN1CCCN(c2ccc3c(c2)CN(c2ncc(Cc4ccc(-n5cccn5)cc4)s2)CC3)C1=O.COCCN1CCCNC1=O. The number of urea groups is 2. The third-order valence-electron chi connectivity index (χ3n) is 9.02. The van der Waals surface area contributed by atoms with Gasteiger partial charge in [0.05, 0.1) is 18.9 Å². The Morgan fingerprint density at radius 3 is 2.41 bits per heavy atom. The van der Waals surface area contributed by atoms with Gasteiger partial charge in [0.25, 0.3) is 0 Å². The van der Waals surface area contributed by atoms with Crippen molar-refractivity contribution in [3.05, 3.63) is 88.7 Å². The smallest absolute Gasteiger partial charge is 0.324 e. The first-order chi connectivity index (χ1) is 24.0. The molecule has 0 atom stereocenters. The Bertz CT molecular complexity index is 1660. The fourth-order valence-electron chi connectivity index (χ4n) is 6.31. The molecule has 260 valence electrons. The molecule has 3 aliphatic heterocycles. The topological polar surface area (TPSA) is 108 Å². The second kappa shape index (κ2) is 16.8. The molecule has 2 aromatic heterocycles. The second-order valence-corrected chi connectivity index (χ2v) is 13.5. The molecule has 13 heteroatoms. The molecule has 5 heterocycles. The number of ether oxygens (including phenoxy) is 2. The predicted octanol–water partition coefficient (Wildman–Crippen LogP) is 4.81. The molecular weight excluding hydrogens is 641 g/mol. The van der Waals surface area contributed by atoms with E-state index in [0.29, 0.717) is 26.3 Å². The van der Waals surface area contributed by atoms with Gasteiger partial charge < -0.3 is 29.5 Å². The van der Waals surface area contributed by atoms with Crippen LogP contribution in [0.5, 0.6) is 0 Å². The summed E-state index contributed by atoms with van der Waals surface area (Å²) in [6, 6.07) is 17.1. The normalized spacial score (nSPS) is 16.3. The lowest BCUT2D eigenvalue weighted by Gasteiger charge is -2.36. The number of amides is 4. The Kier molecular flexibility index (Phi) is 11.8. The van der Waals surface area contributed by atoms with E-state index >= 15 is 0 Å². The van der Waals surface area contributed by atoms with Gasteiger partial charge in [0.2, 0.25) is 0 Å². The summed E-state index contributed by atoms with van der Waals surface area (Å²) in [5.74, 6) is 0. The molecule has 2 fully saturated rings. The van der Waals surface area contributed by atoms with Crippen LogP contribution in [0, 0.1) is 0 Å². The van der Waals surface area contributed by atoms with Crippen molar-refractivity contribution in [1.82, 2.24) is 29.9 Å². The van der Waals surface area contributed by atoms with E-state index in [9.17, 15) is 9.59 Å². The molecule has 1 N–H and O–H groups in total. The summed E-state index contributed by atoms with van der Waals surface area (Å²) in [5.41, 5.74) is 5.94. The van der Waals surface area contributed by atoms with Crippen molar-refractivity contribution in [2.45, 2.75) is 32.2 Å². The molecule has 2 saturated heterocycles. The van der Waals surface area contributed by atoms with Gasteiger partial charge in [-0.25, -0.2) is 19.3 Å². The highest BCUT2D eigenvalue weighted by molar-refractivity contribution is 7.15. The van der Waals surface area contributed by atoms with E-state index in [0.717, 1.165) is 81.5 Å². The first-order valence-corrected chi connectivity index (χ1v) is 17.8. The third-order valence-corrected chi connectivity index (χ3v) is 10.1. The molecule has 0 aliphatic carbocycles. The molecule has 0 saturated carbocycles. The molecule has 3 aliphatic rings. The number of nitrogens with one attached hydrogen (secondary N) is 1. The van der Waals surface area contributed by atoms with Crippen LogP contribution in [0.3, 0.4) is 0 Å². The molecule has 4 aromatic rings. The van der Waals surface area contributed by atoms with E-state index in [1.165, 1.54) is 21.6 Å². The highest BCUT2D eigenvalue weighted by Crippen LogP contribution is 2.32. The van der Waals surface area contributed by atoms with Crippen LogP contribution in [0.25, 0.3) is 5.69 Å². The number of carbonyl (C=O) groups excluding carboxylic acids is 2. The van der Waals surface area contributed by atoms with Gasteiger partial charge >= 0.3 is 12.1 Å². The molecule has 49 heavy (non-hydrogen) atoms. The van der Waals surface area contributed by atoms with E-state index in [-0.39, 0.29) is 12.1 Å². The summed E-state index contributed by atoms with van der Waals surface area (Å²) >= 11 is 1.77. The number of hydrogen-bond donors (Lipinski definition) is 1. The number of rotatable bonds is 11. The zero-order chi connectivity index (χ0) is 34.0. The Hall–Kier alpha value is -4.46. The largest absolute Gasteiger partial charge is 0.383 e. The van der Waals surface area contributed by atoms with Crippen molar-refractivity contribution in [2.75, 3.05) is 83.0 Å². The van der Waals surface area contributed by atoms with Crippen LogP contribution in [0.4, 0.5) is 20.4 Å². The Labute approximate surface area is 292 Å². The van der Waals surface area contributed by atoms with E-state index in [2.05, 4.69) is 57.8 Å². The number of thiazole rings is 1. The number of fused-ring (bicyclic) bond motifs is 1. The number of aromatic nitrogens is 3. The first kappa shape index (κ1) is 34.4. The number of hydrogen-bond acceptors (Lipinski definition) is 8. The molecule has 0 spiro atoms. The zero-order valence-electron chi connectivity index (χ0n) is 28.4. The van der Waals surface area contributed by atoms with Gasteiger partial charge in [-0.05, 0) is 66.3 Å². The van der Waals surface area contributed by atoms with Crippen molar-refractivity contribution < 1.29 is 19.1 Å². The molecule has 0 unspecified atom stereocenters. The fraction of sp³-hybridized carbons (Fsp3) is 0.444. The Morgan fingerprint density at radius 2 is 1.65 bits per heavy atom. The summed E-state index contributed by atoms with van der Waals surface area (Å²) < 4.78 is 11.9. The molecule has 0 bridgehead atoms. The van der Waals surface area contributed by atoms with E-state index in [4.69, 9.17) is 14.5 Å². The zero-order valence-corrected chi connectivity index (χ0v) is 29.2. The molecule has 7 rings (SSSR count). The van der Waals surface area contributed by atoms with Gasteiger partial charge in [-0.1, -0.05) is 18.2 Å². The summed E-state index contributed by atoms with van der Waals surface area (Å²) in [6.45, 7) is 7.47. The van der Waals surface area contributed by atoms with Crippen molar-refractivity contribution in [1.29, 1.82) is 0 Å². The van der Waals surface area contributed by atoms with E-state index < -0.39 is 0 Å². The molecular formula is C36H46N8O4S. The van der Waals surface area contributed by atoms with Crippen LogP contribution in [0.15, 0.2) is 67.1 Å². The minimum atomic E-state index is 0.0355. The van der Waals surface area contributed by atoms with E-state index in [1.54, 1.807) is 36.7 Å². The van der Waals surface area contributed by atoms with E-state index in [1.807, 2.05) is 32.9 Å². The minimum absolute atomic E-state index is 0.0355. The van der Waals surface area contributed by atoms with Crippen molar-refractivity contribution >= 4 is 34.2 Å². The van der Waals surface area contributed by atoms with Gasteiger partial charge in [-0.2, -0.15) is 5.10 Å². The molecule has 4 amide bonds. The lowest BCUT2D eigenvalue weighted by molar-refractivity contribution is 0.142. The van der Waals surface area contributed by atoms with Gasteiger partial charge in [0.15, 0.2) is 5.13 Å². The standard InChI is InChI=1S/C29H32N6O2S.C7H14N2O2/c1-37-17-16-32-12-3-13-34(29(32)36)26-9-6-23-10-15-33(21-24(23)19-26)28-30-20-27(38-28)18-22-4-7-25(8-5-22)35-14-2-11-31-35;1-11-6-5-9-4-2-3-8-7(9)10/h2,4-9,11,14,19-20H,3,10,12-13,15-18,21H2,1H3;2-6H2,1H3,(H,8,10). The maximum absolute atomic E-state index is 13.1. The lowest BCUT2D eigenvalue weighted by Crippen LogP contribution is -2.50. The fourth-order valence-corrected chi connectivity index (χ4v) is 7.28. The van der Waals surface area contributed by atoms with Gasteiger partial charge in [0.1, 0.15) is 0 Å². The molecule has 12 nitrogen and oxygen atoms in total. The van der Waals surface area contributed by atoms with Crippen LogP contribution < -0.4 is 15.1 Å². The van der Waals surface area contributed by atoms with Gasteiger partial charge in [-0.15, -0.1) is 11.3 Å². The second-order valence-electron chi connectivity index (χ2n) is 12.4. The van der Waals surface area contributed by atoms with Crippen LogP contribution >= 0.6 is 11.3 Å². The number of methoxy groups -OCH3 is 2. The van der Waals surface area contributed by atoms with Crippen LogP contribution in [0.1, 0.15) is 34.4 Å². The Morgan fingerprint density at radius 1 is 0.878 bits per heavy atom. The Balaban J connectivity index is 0.000000324. The number of benzene rings is 2. The van der Waals surface area contributed by atoms with Crippen molar-refractivity contribution in [3.8, 4) is 5.69 Å². The summed E-state index contributed by atoms with van der Waals surface area (Å²) in [7, 11) is 3.31. The number of carbonyl (C=O) groups is 2. The van der Waals surface area contributed by atoms with Crippen LogP contribution in [-0.2, 0) is 28.9 Å². The first-order valence-electron chi connectivity index (χ1n) is 17.0. The highest BCUT2D eigenvalue weighted by atomic mass is 32.1. The molecule has 0 radical (unpaired) electrons. The monoisotopic (exact) mass is 686 g/mol. The predicted molar refractivity (Wildman–Crippen MR) is 192 cm³/mol. The maximum atomic E-state index is 13.1.